The Bertz CT molecular complexity index is 488. The van der Waals surface area contributed by atoms with Gasteiger partial charge in [0.15, 0.2) is 5.82 Å². The van der Waals surface area contributed by atoms with Gasteiger partial charge in [0.2, 0.25) is 6.41 Å². The molecule has 0 saturated heterocycles. The fraction of sp³-hybridized carbons (Fsp3) is 0.167. The first-order valence-electron chi connectivity index (χ1n) is 5.13. The topological polar surface area (TPSA) is 55.4 Å². The van der Waals surface area contributed by atoms with E-state index in [1.165, 1.54) is 18.2 Å². The average Bonchev–Trinajstić information content (AvgIpc) is 2.34. The highest BCUT2D eigenvalue weighted by Gasteiger charge is 2.10. The van der Waals surface area contributed by atoms with Crippen molar-refractivity contribution in [2.45, 2.75) is 6.92 Å². The Hall–Kier alpha value is -1.88. The Morgan fingerprint density at radius 2 is 2.28 bits per heavy atom. The van der Waals surface area contributed by atoms with Crippen LogP contribution in [0, 0.1) is 5.82 Å². The molecule has 0 fully saturated rings. The van der Waals surface area contributed by atoms with Crippen molar-refractivity contribution in [1.82, 2.24) is 0 Å². The van der Waals surface area contributed by atoms with Crippen LogP contribution in [0.1, 0.15) is 12.5 Å². The fourth-order valence-electron chi connectivity index (χ4n) is 1.26. The summed E-state index contributed by atoms with van der Waals surface area (Å²) in [7, 11) is 0. The number of halogens is 2. The molecule has 0 spiro atoms. The lowest BCUT2D eigenvalue weighted by Gasteiger charge is -2.06. The summed E-state index contributed by atoms with van der Waals surface area (Å²) >= 11 is 5.62. The van der Waals surface area contributed by atoms with Gasteiger partial charge in [0.1, 0.15) is 0 Å². The quantitative estimate of drug-likeness (QED) is 0.509. The van der Waals surface area contributed by atoms with Crippen molar-refractivity contribution in [3.63, 3.8) is 0 Å². The molecule has 0 aliphatic rings. The second kappa shape index (κ2) is 6.76. The molecule has 0 saturated carbocycles. The first kappa shape index (κ1) is 14.2. The molecule has 0 radical (unpaired) electrons. The van der Waals surface area contributed by atoms with Gasteiger partial charge in [-0.3, -0.25) is 4.79 Å². The first-order valence-corrected chi connectivity index (χ1v) is 5.51. The van der Waals surface area contributed by atoms with Crippen LogP contribution < -0.4 is 5.32 Å². The van der Waals surface area contributed by atoms with Crippen molar-refractivity contribution in [2.75, 3.05) is 11.9 Å². The Morgan fingerprint density at radius 1 is 1.56 bits per heavy atom. The molecule has 0 aliphatic heterocycles. The molecule has 0 heterocycles. The van der Waals surface area contributed by atoms with E-state index in [9.17, 15) is 14.0 Å². The van der Waals surface area contributed by atoms with E-state index in [1.54, 1.807) is 6.92 Å². The molecule has 0 aromatic heterocycles. The molecular formula is C12H11ClFNO3. The Balaban J connectivity index is 3.08. The summed E-state index contributed by atoms with van der Waals surface area (Å²) < 4.78 is 18.4. The molecule has 0 atom stereocenters. The van der Waals surface area contributed by atoms with E-state index >= 15 is 0 Å². The van der Waals surface area contributed by atoms with Crippen molar-refractivity contribution in [1.29, 1.82) is 0 Å². The maximum atomic E-state index is 13.7. The molecule has 1 rings (SSSR count). The second-order valence-electron chi connectivity index (χ2n) is 3.17. The molecule has 1 amide bonds. The van der Waals surface area contributed by atoms with E-state index in [0.717, 1.165) is 6.08 Å². The van der Waals surface area contributed by atoms with Crippen LogP contribution in [0.25, 0.3) is 6.08 Å². The zero-order valence-electron chi connectivity index (χ0n) is 9.57. The molecule has 4 nitrogen and oxygen atoms in total. The monoisotopic (exact) mass is 271 g/mol. The number of hydrogen-bond donors (Lipinski definition) is 1. The largest absolute Gasteiger partial charge is 0.463 e. The van der Waals surface area contributed by atoms with Gasteiger partial charge in [0.25, 0.3) is 0 Å². The van der Waals surface area contributed by atoms with Crippen LogP contribution in [0.5, 0.6) is 0 Å². The van der Waals surface area contributed by atoms with Gasteiger partial charge in [-0.25, -0.2) is 9.18 Å². The minimum Gasteiger partial charge on any atom is -0.463 e. The number of carbonyl (C=O) groups is 2. The predicted molar refractivity (Wildman–Crippen MR) is 66.8 cm³/mol. The number of ether oxygens (including phenoxy) is 1. The van der Waals surface area contributed by atoms with E-state index in [1.807, 2.05) is 0 Å². The number of carbonyl (C=O) groups excluding carboxylic acids is 2. The number of esters is 1. The molecule has 0 bridgehead atoms. The van der Waals surface area contributed by atoms with Crippen LogP contribution in [-0.2, 0) is 14.3 Å². The first-order chi connectivity index (χ1) is 8.60. The third-order valence-electron chi connectivity index (χ3n) is 2.02. The summed E-state index contributed by atoms with van der Waals surface area (Å²) in [5.41, 5.74) is 0.232. The van der Waals surface area contributed by atoms with E-state index in [0.29, 0.717) is 6.41 Å². The van der Waals surface area contributed by atoms with Crippen molar-refractivity contribution in [2.24, 2.45) is 0 Å². The highest BCUT2D eigenvalue weighted by Crippen LogP contribution is 2.26. The zero-order valence-corrected chi connectivity index (χ0v) is 10.3. The van der Waals surface area contributed by atoms with Crippen LogP contribution in [0.15, 0.2) is 18.2 Å². The summed E-state index contributed by atoms with van der Waals surface area (Å²) in [6, 6.07) is 2.75. The van der Waals surface area contributed by atoms with E-state index < -0.39 is 11.8 Å². The van der Waals surface area contributed by atoms with Gasteiger partial charge in [0.05, 0.1) is 17.3 Å². The molecule has 96 valence electrons. The molecular weight excluding hydrogens is 261 g/mol. The smallest absolute Gasteiger partial charge is 0.330 e. The fourth-order valence-corrected chi connectivity index (χ4v) is 1.43. The molecule has 0 aliphatic carbocycles. The summed E-state index contributed by atoms with van der Waals surface area (Å²) in [5.74, 6) is -1.32. The number of hydrogen-bond acceptors (Lipinski definition) is 3. The zero-order chi connectivity index (χ0) is 13.5. The Labute approximate surface area is 108 Å². The van der Waals surface area contributed by atoms with Crippen molar-refractivity contribution in [3.8, 4) is 0 Å². The predicted octanol–water partition coefficient (Wildman–Crippen LogP) is 2.62. The van der Waals surface area contributed by atoms with Crippen LogP contribution in [-0.4, -0.2) is 19.0 Å². The van der Waals surface area contributed by atoms with Gasteiger partial charge in [-0.1, -0.05) is 11.6 Å². The van der Waals surface area contributed by atoms with Gasteiger partial charge in [0, 0.05) is 11.6 Å². The third kappa shape index (κ3) is 3.56. The SMILES string of the molecule is CCOC(=O)/C=C/c1c(NC=O)ccc(Cl)c1F. The summed E-state index contributed by atoms with van der Waals surface area (Å²) in [4.78, 5) is 21.5. The Kier molecular flexibility index (Phi) is 5.32. The van der Waals surface area contributed by atoms with Gasteiger partial charge < -0.3 is 10.1 Å². The summed E-state index contributed by atoms with van der Waals surface area (Å²) in [5, 5.41) is 2.22. The number of nitrogens with one attached hydrogen (secondary N) is 1. The standard InChI is InChI=1S/C12H11ClFNO3/c1-2-18-11(17)6-3-8-10(15-7-16)5-4-9(13)12(8)14/h3-7H,2H2,1H3,(H,15,16)/b6-3+. The molecule has 0 unspecified atom stereocenters. The van der Waals surface area contributed by atoms with Crippen LogP contribution >= 0.6 is 11.6 Å². The molecule has 6 heteroatoms. The van der Waals surface area contributed by atoms with Gasteiger partial charge in [-0.2, -0.15) is 0 Å². The number of benzene rings is 1. The number of amides is 1. The van der Waals surface area contributed by atoms with Crippen LogP contribution in [0.2, 0.25) is 5.02 Å². The van der Waals surface area contributed by atoms with Gasteiger partial charge in [-0.05, 0) is 25.1 Å². The molecule has 18 heavy (non-hydrogen) atoms. The van der Waals surface area contributed by atoms with E-state index in [2.05, 4.69) is 10.1 Å². The Morgan fingerprint density at radius 3 is 2.89 bits per heavy atom. The molecule has 1 N–H and O–H groups in total. The highest BCUT2D eigenvalue weighted by molar-refractivity contribution is 6.31. The van der Waals surface area contributed by atoms with Crippen LogP contribution in [0.3, 0.4) is 0 Å². The van der Waals surface area contributed by atoms with Crippen molar-refractivity contribution < 1.29 is 18.7 Å². The highest BCUT2D eigenvalue weighted by atomic mass is 35.5. The number of anilines is 1. The minimum absolute atomic E-state index is 0.0163. The third-order valence-corrected chi connectivity index (χ3v) is 2.31. The molecule has 1 aromatic carbocycles. The lowest BCUT2D eigenvalue weighted by Crippen LogP contribution is -2.01. The van der Waals surface area contributed by atoms with Gasteiger partial charge >= 0.3 is 5.97 Å². The van der Waals surface area contributed by atoms with Crippen LogP contribution in [0.4, 0.5) is 10.1 Å². The number of rotatable bonds is 5. The van der Waals surface area contributed by atoms with Gasteiger partial charge in [-0.15, -0.1) is 0 Å². The minimum atomic E-state index is -0.718. The second-order valence-corrected chi connectivity index (χ2v) is 3.58. The lowest BCUT2D eigenvalue weighted by molar-refractivity contribution is -0.137. The van der Waals surface area contributed by atoms with Crippen molar-refractivity contribution >= 4 is 35.7 Å². The summed E-state index contributed by atoms with van der Waals surface area (Å²) in [6.45, 7) is 1.88. The maximum Gasteiger partial charge on any atom is 0.330 e. The summed E-state index contributed by atoms with van der Waals surface area (Å²) in [6.07, 6.45) is 2.67. The van der Waals surface area contributed by atoms with E-state index in [-0.39, 0.29) is 22.9 Å². The average molecular weight is 272 g/mol. The van der Waals surface area contributed by atoms with Crippen molar-refractivity contribution in [3.05, 3.63) is 34.6 Å². The normalized spacial score (nSPS) is 10.4. The lowest BCUT2D eigenvalue weighted by atomic mass is 10.1. The maximum absolute atomic E-state index is 13.7. The molecule has 1 aromatic rings. The van der Waals surface area contributed by atoms with E-state index in [4.69, 9.17) is 11.6 Å².